The lowest BCUT2D eigenvalue weighted by atomic mass is 10.0. The number of carbonyl (C=O) groups is 1. The van der Waals surface area contributed by atoms with Gasteiger partial charge < -0.3 is 19.3 Å². The van der Waals surface area contributed by atoms with Crippen LogP contribution in [-0.4, -0.2) is 86.8 Å². The van der Waals surface area contributed by atoms with Crippen molar-refractivity contribution in [3.05, 3.63) is 28.8 Å². The topological polar surface area (TPSA) is 45.2 Å². The van der Waals surface area contributed by atoms with Crippen LogP contribution in [0.1, 0.15) is 5.56 Å². The number of amides is 1. The number of hydrogen-bond acceptors (Lipinski definition) is 5. The lowest BCUT2D eigenvalue weighted by Gasteiger charge is -2.32. The van der Waals surface area contributed by atoms with Crippen LogP contribution in [0.25, 0.3) is 0 Å². The fraction of sp³-hybridized carbons (Fsp3) is 0.667. The third kappa shape index (κ3) is 5.65. The van der Waals surface area contributed by atoms with Crippen molar-refractivity contribution < 1.29 is 40.6 Å². The minimum atomic E-state index is -5.73. The second-order valence-corrected chi connectivity index (χ2v) is 9.28. The summed E-state index contributed by atoms with van der Waals surface area (Å²) >= 11 is 6.21. The molecule has 1 amide bonds. The second-order valence-electron chi connectivity index (χ2n) is 8.84. The van der Waals surface area contributed by atoms with Crippen LogP contribution < -0.4 is 4.90 Å². The number of hydrogen-bond donors (Lipinski definition) is 0. The second kappa shape index (κ2) is 9.62. The van der Waals surface area contributed by atoms with E-state index >= 15 is 0 Å². The van der Waals surface area contributed by atoms with Crippen LogP contribution in [-0.2, 0) is 16.0 Å². The first-order valence-electron chi connectivity index (χ1n) is 10.8. The lowest BCUT2D eigenvalue weighted by molar-refractivity contribution is -0.308. The molecule has 190 valence electrons. The molecule has 0 bridgehead atoms. The van der Waals surface area contributed by atoms with E-state index in [2.05, 4.69) is 14.5 Å². The number of morpholine rings is 1. The number of benzene rings is 1. The van der Waals surface area contributed by atoms with Crippen molar-refractivity contribution in [1.29, 1.82) is 0 Å². The molecule has 0 aromatic heterocycles. The van der Waals surface area contributed by atoms with Gasteiger partial charge in [-0.3, -0.25) is 4.90 Å². The van der Waals surface area contributed by atoms with Crippen LogP contribution in [0.3, 0.4) is 0 Å². The third-order valence-corrected chi connectivity index (χ3v) is 6.66. The molecule has 13 heteroatoms. The summed E-state index contributed by atoms with van der Waals surface area (Å²) in [6.45, 7) is 4.59. The van der Waals surface area contributed by atoms with E-state index in [1.165, 1.54) is 0 Å². The number of halogens is 7. The number of fused-ring (bicyclic) bond motifs is 1. The molecule has 2 unspecified atom stereocenters. The smallest absolute Gasteiger partial charge is 0.426 e. The van der Waals surface area contributed by atoms with Crippen LogP contribution in [0.5, 0.6) is 0 Å². The van der Waals surface area contributed by atoms with E-state index in [1.807, 2.05) is 18.2 Å². The van der Waals surface area contributed by atoms with Crippen molar-refractivity contribution in [1.82, 2.24) is 9.80 Å². The van der Waals surface area contributed by atoms with Crippen molar-refractivity contribution in [2.75, 3.05) is 57.4 Å². The van der Waals surface area contributed by atoms with Gasteiger partial charge in [-0.1, -0.05) is 17.7 Å². The number of rotatable bonds is 4. The normalized spacial score (nSPS) is 24.1. The molecule has 0 aliphatic carbocycles. The number of carbonyl (C=O) groups excluding carboxylic acids is 1. The molecule has 3 fully saturated rings. The number of anilines is 1. The first-order chi connectivity index (χ1) is 15.9. The summed E-state index contributed by atoms with van der Waals surface area (Å²) < 4.78 is 85.5. The van der Waals surface area contributed by atoms with Crippen LogP contribution in [0.2, 0.25) is 5.02 Å². The van der Waals surface area contributed by atoms with E-state index in [0.29, 0.717) is 37.9 Å². The summed E-state index contributed by atoms with van der Waals surface area (Å²) in [4.78, 5) is 17.4. The molecule has 1 aromatic rings. The molecule has 34 heavy (non-hydrogen) atoms. The Morgan fingerprint density at radius 2 is 1.62 bits per heavy atom. The van der Waals surface area contributed by atoms with Gasteiger partial charge in [0.15, 0.2) is 0 Å². The zero-order valence-corrected chi connectivity index (χ0v) is 18.8. The van der Waals surface area contributed by atoms with Crippen molar-refractivity contribution >= 4 is 23.4 Å². The van der Waals surface area contributed by atoms with Crippen molar-refractivity contribution in [2.24, 2.45) is 11.8 Å². The van der Waals surface area contributed by atoms with Gasteiger partial charge in [-0.25, -0.2) is 4.79 Å². The Morgan fingerprint density at radius 3 is 2.18 bits per heavy atom. The minimum Gasteiger partial charge on any atom is -0.426 e. The molecule has 3 aliphatic heterocycles. The molecule has 3 aliphatic rings. The lowest BCUT2D eigenvalue weighted by Crippen LogP contribution is -2.48. The van der Waals surface area contributed by atoms with Gasteiger partial charge in [0.25, 0.3) is 6.10 Å². The maximum Gasteiger partial charge on any atom is 0.434 e. The molecular formula is C21H24ClF6N3O3. The molecule has 0 radical (unpaired) electrons. The average molecular weight is 516 g/mol. The molecule has 6 nitrogen and oxygen atoms in total. The molecule has 1 aromatic carbocycles. The van der Waals surface area contributed by atoms with Gasteiger partial charge in [0.2, 0.25) is 0 Å². The third-order valence-electron chi connectivity index (χ3n) is 6.43. The molecule has 3 heterocycles. The summed E-state index contributed by atoms with van der Waals surface area (Å²) in [5, 5.41) is 0.619. The Hall–Kier alpha value is -1.92. The number of likely N-dealkylation sites (tertiary alicyclic amines) is 2. The van der Waals surface area contributed by atoms with Gasteiger partial charge in [0, 0.05) is 56.5 Å². The Kier molecular flexibility index (Phi) is 7.12. The maximum atomic E-state index is 12.7. The quantitative estimate of drug-likeness (QED) is 0.563. The van der Waals surface area contributed by atoms with Crippen LogP contribution in [0.15, 0.2) is 18.2 Å². The molecular weight excluding hydrogens is 492 g/mol. The summed E-state index contributed by atoms with van der Waals surface area (Å²) in [5.74, 6) is -0.108. The fourth-order valence-corrected chi connectivity index (χ4v) is 5.04. The summed E-state index contributed by atoms with van der Waals surface area (Å²) in [6.07, 6.45) is -17.2. The van der Waals surface area contributed by atoms with Crippen LogP contribution in [0.4, 0.5) is 36.8 Å². The highest BCUT2D eigenvalue weighted by atomic mass is 35.5. The van der Waals surface area contributed by atoms with Gasteiger partial charge >= 0.3 is 18.4 Å². The van der Waals surface area contributed by atoms with Gasteiger partial charge in [-0.2, -0.15) is 26.3 Å². The first kappa shape index (κ1) is 25.2. The first-order valence-corrected chi connectivity index (χ1v) is 11.2. The SMILES string of the molecule is O=C(OC(C(F)(F)F)C(F)(F)F)N1CC2CN(Cc3ccc(Cl)cc3N3CCOCC3)CC2C1. The number of alkyl halides is 6. The van der Waals surface area contributed by atoms with E-state index in [-0.39, 0.29) is 24.9 Å². The maximum absolute atomic E-state index is 12.7. The van der Waals surface area contributed by atoms with Crippen LogP contribution >= 0.6 is 11.6 Å². The highest BCUT2D eigenvalue weighted by Gasteiger charge is 2.60. The molecule has 2 atom stereocenters. The predicted octanol–water partition coefficient (Wildman–Crippen LogP) is 4.17. The predicted molar refractivity (Wildman–Crippen MR) is 111 cm³/mol. The van der Waals surface area contributed by atoms with E-state index in [4.69, 9.17) is 16.3 Å². The Balaban J connectivity index is 1.35. The van der Waals surface area contributed by atoms with E-state index in [0.717, 1.165) is 29.2 Å². The monoisotopic (exact) mass is 515 g/mol. The standard InChI is InChI=1S/C21H24ClF6N3O3/c22-16-2-1-13(17(7-16)30-3-5-33-6-4-30)8-29-9-14-11-31(12-15(14)10-29)19(32)34-18(20(23,24)25)21(26,27)28/h1-2,7,14-15,18H,3-6,8-12H2. The Bertz CT molecular complexity index is 865. The highest BCUT2D eigenvalue weighted by Crippen LogP contribution is 2.38. The Morgan fingerprint density at radius 1 is 1.03 bits per heavy atom. The van der Waals surface area contributed by atoms with E-state index < -0.39 is 24.5 Å². The summed E-state index contributed by atoms with van der Waals surface area (Å²) in [6, 6.07) is 5.68. The summed E-state index contributed by atoms with van der Waals surface area (Å²) in [5.41, 5.74) is 2.09. The molecule has 3 saturated heterocycles. The van der Waals surface area contributed by atoms with E-state index in [9.17, 15) is 31.1 Å². The van der Waals surface area contributed by atoms with Gasteiger partial charge in [0.1, 0.15) is 0 Å². The van der Waals surface area contributed by atoms with E-state index in [1.54, 1.807) is 0 Å². The van der Waals surface area contributed by atoms with Crippen molar-refractivity contribution in [2.45, 2.75) is 25.0 Å². The summed E-state index contributed by atoms with van der Waals surface area (Å²) in [7, 11) is 0. The average Bonchev–Trinajstić information content (AvgIpc) is 3.31. The fourth-order valence-electron chi connectivity index (χ4n) is 4.87. The highest BCUT2D eigenvalue weighted by molar-refractivity contribution is 6.30. The largest absolute Gasteiger partial charge is 0.434 e. The number of nitrogens with zero attached hydrogens (tertiary/aromatic N) is 3. The van der Waals surface area contributed by atoms with Gasteiger partial charge in [-0.15, -0.1) is 0 Å². The molecule has 0 spiro atoms. The van der Waals surface area contributed by atoms with Gasteiger partial charge in [0.05, 0.1) is 13.2 Å². The number of ether oxygens (including phenoxy) is 2. The molecule has 0 saturated carbocycles. The van der Waals surface area contributed by atoms with Crippen molar-refractivity contribution in [3.8, 4) is 0 Å². The zero-order chi connectivity index (χ0) is 24.7. The molecule has 0 N–H and O–H groups in total. The van der Waals surface area contributed by atoms with Crippen molar-refractivity contribution in [3.63, 3.8) is 0 Å². The minimum absolute atomic E-state index is 0.0538. The van der Waals surface area contributed by atoms with Gasteiger partial charge in [-0.05, 0) is 29.5 Å². The van der Waals surface area contributed by atoms with Crippen LogP contribution in [0, 0.1) is 11.8 Å². The molecule has 4 rings (SSSR count). The zero-order valence-electron chi connectivity index (χ0n) is 18.0. The Labute approximate surface area is 197 Å².